The second kappa shape index (κ2) is 8.70. The van der Waals surface area contributed by atoms with Crippen LogP contribution in [0.2, 0.25) is 0 Å². The number of methoxy groups -OCH3 is 1. The highest BCUT2D eigenvalue weighted by atomic mass is 19.1. The fourth-order valence-electron chi connectivity index (χ4n) is 3.34. The van der Waals surface area contributed by atoms with Gasteiger partial charge < -0.3 is 15.0 Å². The van der Waals surface area contributed by atoms with Crippen molar-refractivity contribution >= 4 is 11.6 Å². The maximum atomic E-state index is 13.0. The maximum Gasteiger partial charge on any atom is 0.222 e. The van der Waals surface area contributed by atoms with Crippen molar-refractivity contribution in [3.05, 3.63) is 59.9 Å². The van der Waals surface area contributed by atoms with Gasteiger partial charge in [-0.15, -0.1) is 0 Å². The first-order valence-corrected chi connectivity index (χ1v) is 9.07. The van der Waals surface area contributed by atoms with E-state index in [1.165, 1.54) is 12.1 Å². The summed E-state index contributed by atoms with van der Waals surface area (Å²) >= 11 is 0. The Hall–Kier alpha value is -2.56. The second-order valence-electron chi connectivity index (χ2n) is 6.68. The van der Waals surface area contributed by atoms with Gasteiger partial charge in [0, 0.05) is 31.2 Å². The number of ether oxygens (including phenoxy) is 1. The normalized spacial score (nSPS) is 17.0. The number of nitrogens with zero attached hydrogens (tertiary/aromatic N) is 1. The molecule has 3 rings (SSSR count). The lowest BCUT2D eigenvalue weighted by Crippen LogP contribution is -2.45. The van der Waals surface area contributed by atoms with Crippen LogP contribution < -0.4 is 10.1 Å². The van der Waals surface area contributed by atoms with Crippen LogP contribution in [0.4, 0.5) is 10.1 Å². The standard InChI is InChI=1S/C21H25FN2O2/c1-26-20-6-2-4-16(14-20)7-12-21(25)24-13-3-5-19(15-24)23-18-10-8-17(22)9-11-18/h2,4,6,8-11,14,19,23H,3,5,7,12-13,15H2,1H3. The molecule has 1 amide bonds. The van der Waals surface area contributed by atoms with E-state index < -0.39 is 0 Å². The van der Waals surface area contributed by atoms with Crippen molar-refractivity contribution in [3.63, 3.8) is 0 Å². The average molecular weight is 356 g/mol. The molecule has 2 aromatic rings. The fourth-order valence-corrected chi connectivity index (χ4v) is 3.34. The zero-order valence-corrected chi connectivity index (χ0v) is 15.1. The van der Waals surface area contributed by atoms with Gasteiger partial charge in [0.2, 0.25) is 5.91 Å². The van der Waals surface area contributed by atoms with E-state index in [0.717, 1.165) is 36.4 Å². The Balaban J connectivity index is 1.51. The minimum absolute atomic E-state index is 0.179. The summed E-state index contributed by atoms with van der Waals surface area (Å²) in [6.45, 7) is 1.49. The summed E-state index contributed by atoms with van der Waals surface area (Å²) in [6, 6.07) is 14.4. The van der Waals surface area contributed by atoms with Crippen molar-refractivity contribution in [1.82, 2.24) is 4.90 Å². The average Bonchev–Trinajstić information content (AvgIpc) is 2.68. The SMILES string of the molecule is COc1cccc(CCC(=O)N2CCCC(Nc3ccc(F)cc3)C2)c1. The van der Waals surface area contributed by atoms with Gasteiger partial charge in [-0.1, -0.05) is 12.1 Å². The Kier molecular flexibility index (Phi) is 6.10. The molecule has 0 bridgehead atoms. The summed E-state index contributed by atoms with van der Waals surface area (Å²) in [4.78, 5) is 14.5. The summed E-state index contributed by atoms with van der Waals surface area (Å²) in [5.74, 6) is 0.753. The minimum Gasteiger partial charge on any atom is -0.497 e. The number of piperidine rings is 1. The molecule has 0 saturated carbocycles. The summed E-state index contributed by atoms with van der Waals surface area (Å²) in [5, 5.41) is 3.40. The van der Waals surface area contributed by atoms with Crippen molar-refractivity contribution < 1.29 is 13.9 Å². The third-order valence-electron chi connectivity index (χ3n) is 4.75. The number of carbonyl (C=O) groups excluding carboxylic acids is 1. The van der Waals surface area contributed by atoms with E-state index in [1.54, 1.807) is 19.2 Å². The molecule has 1 N–H and O–H groups in total. The Morgan fingerprint density at radius 1 is 1.27 bits per heavy atom. The van der Waals surface area contributed by atoms with Crippen LogP contribution in [0.1, 0.15) is 24.8 Å². The number of likely N-dealkylation sites (tertiary alicyclic amines) is 1. The first-order valence-electron chi connectivity index (χ1n) is 9.07. The predicted molar refractivity (Wildman–Crippen MR) is 101 cm³/mol. The molecule has 1 fully saturated rings. The quantitative estimate of drug-likeness (QED) is 0.854. The van der Waals surface area contributed by atoms with Gasteiger partial charge in [0.25, 0.3) is 0 Å². The number of rotatable bonds is 6. The summed E-state index contributed by atoms with van der Waals surface area (Å²) in [7, 11) is 1.65. The zero-order chi connectivity index (χ0) is 18.4. The monoisotopic (exact) mass is 356 g/mol. The molecule has 2 aromatic carbocycles. The van der Waals surface area contributed by atoms with Gasteiger partial charge in [0.15, 0.2) is 0 Å². The number of halogens is 1. The van der Waals surface area contributed by atoms with Gasteiger partial charge in [0.1, 0.15) is 11.6 Å². The Bertz CT molecular complexity index is 733. The van der Waals surface area contributed by atoms with Gasteiger partial charge in [0.05, 0.1) is 7.11 Å². The van der Waals surface area contributed by atoms with E-state index >= 15 is 0 Å². The molecule has 1 saturated heterocycles. The highest BCUT2D eigenvalue weighted by Crippen LogP contribution is 2.19. The molecule has 5 heteroatoms. The van der Waals surface area contributed by atoms with Crippen LogP contribution in [0.15, 0.2) is 48.5 Å². The van der Waals surface area contributed by atoms with E-state index in [0.29, 0.717) is 19.4 Å². The molecule has 0 radical (unpaired) electrons. The molecule has 0 aromatic heterocycles. The number of carbonyl (C=O) groups is 1. The lowest BCUT2D eigenvalue weighted by molar-refractivity contribution is -0.132. The number of anilines is 1. The van der Waals surface area contributed by atoms with Crippen LogP contribution in [0, 0.1) is 5.82 Å². The third kappa shape index (κ3) is 4.97. The van der Waals surface area contributed by atoms with Crippen molar-refractivity contribution in [3.8, 4) is 5.75 Å². The highest BCUT2D eigenvalue weighted by molar-refractivity contribution is 5.76. The van der Waals surface area contributed by atoms with E-state index in [-0.39, 0.29) is 17.8 Å². The number of amides is 1. The summed E-state index contributed by atoms with van der Waals surface area (Å²) in [5.41, 5.74) is 2.00. The largest absolute Gasteiger partial charge is 0.497 e. The Morgan fingerprint density at radius 3 is 2.85 bits per heavy atom. The Labute approximate surface area is 154 Å². The van der Waals surface area contributed by atoms with Crippen LogP contribution in [0.3, 0.4) is 0 Å². The highest BCUT2D eigenvalue weighted by Gasteiger charge is 2.23. The molecular formula is C21H25FN2O2. The molecule has 1 atom stereocenters. The van der Waals surface area contributed by atoms with Crippen LogP contribution in [0.5, 0.6) is 5.75 Å². The number of nitrogens with one attached hydrogen (secondary N) is 1. The maximum absolute atomic E-state index is 13.0. The van der Waals surface area contributed by atoms with Gasteiger partial charge in [-0.25, -0.2) is 4.39 Å². The third-order valence-corrected chi connectivity index (χ3v) is 4.75. The molecule has 0 spiro atoms. The van der Waals surface area contributed by atoms with Gasteiger partial charge in [-0.3, -0.25) is 4.79 Å². The molecule has 1 aliphatic rings. The molecular weight excluding hydrogens is 331 g/mol. The van der Waals surface area contributed by atoms with E-state index in [9.17, 15) is 9.18 Å². The number of hydrogen-bond acceptors (Lipinski definition) is 3. The van der Waals surface area contributed by atoms with E-state index in [1.807, 2.05) is 29.2 Å². The molecule has 138 valence electrons. The van der Waals surface area contributed by atoms with E-state index in [2.05, 4.69) is 5.32 Å². The Morgan fingerprint density at radius 2 is 2.08 bits per heavy atom. The van der Waals surface area contributed by atoms with Gasteiger partial charge >= 0.3 is 0 Å². The van der Waals surface area contributed by atoms with Crippen LogP contribution in [-0.4, -0.2) is 37.0 Å². The van der Waals surface area contributed by atoms with Crippen molar-refractivity contribution in [2.75, 3.05) is 25.5 Å². The molecule has 0 aliphatic carbocycles. The minimum atomic E-state index is -0.242. The lowest BCUT2D eigenvalue weighted by Gasteiger charge is -2.34. The zero-order valence-electron chi connectivity index (χ0n) is 15.1. The molecule has 4 nitrogen and oxygen atoms in total. The molecule has 1 unspecified atom stereocenters. The van der Waals surface area contributed by atoms with Crippen molar-refractivity contribution in [2.24, 2.45) is 0 Å². The fraction of sp³-hybridized carbons (Fsp3) is 0.381. The van der Waals surface area contributed by atoms with Crippen LogP contribution >= 0.6 is 0 Å². The molecule has 1 aliphatic heterocycles. The lowest BCUT2D eigenvalue weighted by atomic mass is 10.0. The van der Waals surface area contributed by atoms with Gasteiger partial charge in [-0.05, 0) is 61.2 Å². The van der Waals surface area contributed by atoms with Crippen molar-refractivity contribution in [1.29, 1.82) is 0 Å². The van der Waals surface area contributed by atoms with Crippen LogP contribution in [-0.2, 0) is 11.2 Å². The predicted octanol–water partition coefficient (Wildman–Crippen LogP) is 3.87. The van der Waals surface area contributed by atoms with Gasteiger partial charge in [-0.2, -0.15) is 0 Å². The first-order chi connectivity index (χ1) is 12.6. The van der Waals surface area contributed by atoms with Crippen molar-refractivity contribution in [2.45, 2.75) is 31.7 Å². The number of hydrogen-bond donors (Lipinski definition) is 1. The topological polar surface area (TPSA) is 41.6 Å². The summed E-state index contributed by atoms with van der Waals surface area (Å²) in [6.07, 6.45) is 3.19. The number of aryl methyl sites for hydroxylation is 1. The second-order valence-corrected chi connectivity index (χ2v) is 6.68. The van der Waals surface area contributed by atoms with Crippen LogP contribution in [0.25, 0.3) is 0 Å². The molecule has 26 heavy (non-hydrogen) atoms. The smallest absolute Gasteiger partial charge is 0.222 e. The molecule has 1 heterocycles. The summed E-state index contributed by atoms with van der Waals surface area (Å²) < 4.78 is 18.2. The van der Waals surface area contributed by atoms with E-state index in [4.69, 9.17) is 4.74 Å². The first kappa shape index (κ1) is 18.2. The number of benzene rings is 2.